The summed E-state index contributed by atoms with van der Waals surface area (Å²) in [6.07, 6.45) is 1.32. The number of methoxy groups -OCH3 is 1. The molecular formula is C12H19ClN2O4S. The molecule has 0 bridgehead atoms. The van der Waals surface area contributed by atoms with Crippen LogP contribution in [-0.2, 0) is 20.8 Å². The Bertz CT molecular complexity index is 580. The third-order valence-electron chi connectivity index (χ3n) is 2.90. The van der Waals surface area contributed by atoms with E-state index in [2.05, 4.69) is 0 Å². The average Bonchev–Trinajstić information content (AvgIpc) is 2.71. The van der Waals surface area contributed by atoms with E-state index in [0.717, 1.165) is 0 Å². The van der Waals surface area contributed by atoms with Gasteiger partial charge in [-0.15, -0.1) is 0 Å². The highest BCUT2D eigenvalue weighted by molar-refractivity contribution is 8.13. The van der Waals surface area contributed by atoms with Crippen molar-refractivity contribution in [1.29, 1.82) is 0 Å². The van der Waals surface area contributed by atoms with Crippen LogP contribution in [0.5, 0.6) is 0 Å². The SMILES string of the molecule is COCCN(C(=O)c1cc(S(=O)(=O)Cl)cn1C)C(C)C. The zero-order valence-corrected chi connectivity index (χ0v) is 13.5. The van der Waals surface area contributed by atoms with E-state index in [1.54, 1.807) is 19.1 Å². The molecule has 0 N–H and O–H groups in total. The fraction of sp³-hybridized carbons (Fsp3) is 0.583. The Hall–Kier alpha value is -1.05. The largest absolute Gasteiger partial charge is 0.383 e. The normalized spacial score (nSPS) is 11.9. The Morgan fingerprint density at radius 2 is 2.10 bits per heavy atom. The van der Waals surface area contributed by atoms with Crippen molar-refractivity contribution in [3.8, 4) is 0 Å². The maximum atomic E-state index is 12.5. The first-order valence-electron chi connectivity index (χ1n) is 6.09. The fourth-order valence-corrected chi connectivity index (χ4v) is 2.60. The predicted octanol–water partition coefficient (Wildman–Crippen LogP) is 1.45. The molecule has 20 heavy (non-hydrogen) atoms. The number of nitrogens with zero attached hydrogens (tertiary/aromatic N) is 2. The lowest BCUT2D eigenvalue weighted by Gasteiger charge is -2.26. The molecule has 0 spiro atoms. The van der Waals surface area contributed by atoms with Crippen LogP contribution in [0, 0.1) is 0 Å². The molecule has 1 amide bonds. The van der Waals surface area contributed by atoms with Crippen LogP contribution in [0.25, 0.3) is 0 Å². The zero-order valence-electron chi connectivity index (χ0n) is 12.0. The van der Waals surface area contributed by atoms with E-state index in [4.69, 9.17) is 15.4 Å². The van der Waals surface area contributed by atoms with Crippen molar-refractivity contribution >= 4 is 25.6 Å². The van der Waals surface area contributed by atoms with Gasteiger partial charge >= 0.3 is 0 Å². The first-order valence-corrected chi connectivity index (χ1v) is 8.40. The number of hydrogen-bond acceptors (Lipinski definition) is 4. The standard InChI is InChI=1S/C12H19ClN2O4S/c1-9(2)15(5-6-19-4)12(16)11-7-10(8-14(11)3)20(13,17)18/h7-9H,5-6H2,1-4H3. The molecule has 6 nitrogen and oxygen atoms in total. The second kappa shape index (κ2) is 6.60. The molecular weight excluding hydrogens is 304 g/mol. The molecule has 1 aromatic heterocycles. The number of amides is 1. The van der Waals surface area contributed by atoms with E-state index in [0.29, 0.717) is 13.2 Å². The van der Waals surface area contributed by atoms with E-state index in [-0.39, 0.29) is 22.5 Å². The summed E-state index contributed by atoms with van der Waals surface area (Å²) in [6, 6.07) is 1.26. The predicted molar refractivity (Wildman–Crippen MR) is 76.5 cm³/mol. The molecule has 0 atom stereocenters. The average molecular weight is 323 g/mol. The van der Waals surface area contributed by atoms with Crippen molar-refractivity contribution in [3.05, 3.63) is 18.0 Å². The minimum atomic E-state index is -3.84. The quantitative estimate of drug-likeness (QED) is 0.743. The Kier molecular flexibility index (Phi) is 5.61. The molecule has 0 saturated heterocycles. The maximum Gasteiger partial charge on any atom is 0.270 e. The molecule has 114 valence electrons. The number of aromatic nitrogens is 1. The molecule has 8 heteroatoms. The molecule has 1 rings (SSSR count). The third kappa shape index (κ3) is 3.97. The van der Waals surface area contributed by atoms with Gasteiger partial charge in [-0.3, -0.25) is 4.79 Å². The number of hydrogen-bond donors (Lipinski definition) is 0. The number of halogens is 1. The zero-order chi connectivity index (χ0) is 15.5. The smallest absolute Gasteiger partial charge is 0.270 e. The summed E-state index contributed by atoms with van der Waals surface area (Å²) < 4.78 is 29.0. The molecule has 0 aromatic carbocycles. The van der Waals surface area contributed by atoms with Crippen molar-refractivity contribution < 1.29 is 17.9 Å². The third-order valence-corrected chi connectivity index (χ3v) is 4.22. The maximum absolute atomic E-state index is 12.5. The number of ether oxygens (including phenoxy) is 1. The van der Waals surface area contributed by atoms with Gasteiger partial charge in [0.15, 0.2) is 0 Å². The van der Waals surface area contributed by atoms with Crippen LogP contribution in [0.1, 0.15) is 24.3 Å². The van der Waals surface area contributed by atoms with Crippen molar-refractivity contribution in [1.82, 2.24) is 9.47 Å². The lowest BCUT2D eigenvalue weighted by Crippen LogP contribution is -2.40. The van der Waals surface area contributed by atoms with Gasteiger partial charge in [0.25, 0.3) is 15.0 Å². The van der Waals surface area contributed by atoms with Gasteiger partial charge in [0.2, 0.25) is 0 Å². The molecule has 0 unspecified atom stereocenters. The van der Waals surface area contributed by atoms with E-state index < -0.39 is 9.05 Å². The molecule has 0 saturated carbocycles. The monoisotopic (exact) mass is 322 g/mol. The lowest BCUT2D eigenvalue weighted by atomic mass is 10.2. The van der Waals surface area contributed by atoms with Gasteiger partial charge in [0, 0.05) is 43.6 Å². The van der Waals surface area contributed by atoms with Crippen LogP contribution < -0.4 is 0 Å². The second-order valence-corrected chi connectivity index (χ2v) is 7.26. The summed E-state index contributed by atoms with van der Waals surface area (Å²) in [5.41, 5.74) is 0.272. The minimum absolute atomic E-state index is 0.0244. The second-order valence-electron chi connectivity index (χ2n) is 4.69. The van der Waals surface area contributed by atoms with Crippen molar-refractivity contribution in [2.45, 2.75) is 24.8 Å². The highest BCUT2D eigenvalue weighted by Crippen LogP contribution is 2.19. The van der Waals surface area contributed by atoms with Crippen LogP contribution in [-0.4, -0.2) is 50.1 Å². The van der Waals surface area contributed by atoms with Gasteiger partial charge < -0.3 is 14.2 Å². The van der Waals surface area contributed by atoms with Gasteiger partial charge in [-0.2, -0.15) is 0 Å². The number of aryl methyl sites for hydroxylation is 1. The highest BCUT2D eigenvalue weighted by Gasteiger charge is 2.24. The first-order chi connectivity index (χ1) is 9.18. The lowest BCUT2D eigenvalue weighted by molar-refractivity contribution is 0.0625. The summed E-state index contributed by atoms with van der Waals surface area (Å²) in [4.78, 5) is 14.0. The van der Waals surface area contributed by atoms with E-state index in [9.17, 15) is 13.2 Å². The van der Waals surface area contributed by atoms with Gasteiger partial charge in [-0.25, -0.2) is 8.42 Å². The van der Waals surface area contributed by atoms with Gasteiger partial charge in [0.1, 0.15) is 10.6 Å². The molecule has 0 aliphatic rings. The van der Waals surface area contributed by atoms with E-state index in [1.165, 1.54) is 16.8 Å². The first kappa shape index (κ1) is 17.0. The summed E-state index contributed by atoms with van der Waals surface area (Å²) in [5, 5.41) is 0. The van der Waals surface area contributed by atoms with Crippen LogP contribution in [0.2, 0.25) is 0 Å². The minimum Gasteiger partial charge on any atom is -0.383 e. The Morgan fingerprint density at radius 3 is 2.50 bits per heavy atom. The number of carbonyl (C=O) groups is 1. The van der Waals surface area contributed by atoms with E-state index >= 15 is 0 Å². The molecule has 1 aromatic rings. The molecule has 0 radical (unpaired) electrons. The fourth-order valence-electron chi connectivity index (χ4n) is 1.81. The summed E-state index contributed by atoms with van der Waals surface area (Å²) in [7, 11) is 4.61. The van der Waals surface area contributed by atoms with Crippen LogP contribution in [0.3, 0.4) is 0 Å². The van der Waals surface area contributed by atoms with Gasteiger partial charge in [-0.1, -0.05) is 0 Å². The highest BCUT2D eigenvalue weighted by atomic mass is 35.7. The van der Waals surface area contributed by atoms with Crippen molar-refractivity contribution in [3.63, 3.8) is 0 Å². The molecule has 0 fully saturated rings. The topological polar surface area (TPSA) is 68.6 Å². The summed E-state index contributed by atoms with van der Waals surface area (Å²) >= 11 is 0. The number of carbonyl (C=O) groups excluding carboxylic acids is 1. The van der Waals surface area contributed by atoms with Crippen LogP contribution >= 0.6 is 10.7 Å². The molecule has 1 heterocycles. The molecule has 0 aliphatic heterocycles. The van der Waals surface area contributed by atoms with Crippen molar-refractivity contribution in [2.75, 3.05) is 20.3 Å². The van der Waals surface area contributed by atoms with Gasteiger partial charge in [0.05, 0.1) is 6.61 Å². The Morgan fingerprint density at radius 1 is 1.50 bits per heavy atom. The van der Waals surface area contributed by atoms with Crippen LogP contribution in [0.15, 0.2) is 17.2 Å². The van der Waals surface area contributed by atoms with Gasteiger partial charge in [-0.05, 0) is 19.9 Å². The van der Waals surface area contributed by atoms with Crippen molar-refractivity contribution in [2.24, 2.45) is 7.05 Å². The summed E-state index contributed by atoms with van der Waals surface area (Å²) in [6.45, 7) is 4.61. The van der Waals surface area contributed by atoms with E-state index in [1.807, 2.05) is 13.8 Å². The Labute approximate surface area is 123 Å². The number of rotatable bonds is 6. The Balaban J connectivity index is 3.09. The molecule has 0 aliphatic carbocycles. The summed E-state index contributed by atoms with van der Waals surface area (Å²) in [5.74, 6) is -0.258. The van der Waals surface area contributed by atoms with Crippen LogP contribution in [0.4, 0.5) is 0 Å².